The van der Waals surface area contributed by atoms with Crippen LogP contribution in [0.2, 0.25) is 0 Å². The van der Waals surface area contributed by atoms with Gasteiger partial charge in [0.25, 0.3) is 0 Å². The molecule has 0 aliphatic carbocycles. The highest BCUT2D eigenvalue weighted by Gasteiger charge is 2.32. The molecule has 0 saturated carbocycles. The van der Waals surface area contributed by atoms with E-state index in [1.54, 1.807) is 19.3 Å². The van der Waals surface area contributed by atoms with Crippen LogP contribution in [-0.2, 0) is 109 Å². The Labute approximate surface area is 859 Å². The summed E-state index contributed by atoms with van der Waals surface area (Å²) in [4.78, 5) is 175. The number of hydrogen-bond donors (Lipinski definition) is 14. The summed E-state index contributed by atoms with van der Waals surface area (Å²) in [6, 6.07) is 8.60. The highest BCUT2D eigenvalue weighted by Crippen LogP contribution is 2.23. The number of amides is 10. The third-order valence-corrected chi connectivity index (χ3v) is 26.3. The molecule has 2 heterocycles. The van der Waals surface area contributed by atoms with Crippen LogP contribution in [0.4, 0.5) is 0 Å². The molecular formula is C109H184N12O22S. The van der Waals surface area contributed by atoms with Crippen LogP contribution in [0.5, 0.6) is 0 Å². The number of unbranched alkanes of at least 4 members (excludes halogenated alkanes) is 38. The minimum absolute atomic E-state index is 0.00289. The van der Waals surface area contributed by atoms with Crippen molar-refractivity contribution in [1.29, 1.82) is 0 Å². The molecule has 0 unspecified atom stereocenters. The molecule has 35 heteroatoms. The van der Waals surface area contributed by atoms with E-state index in [1.807, 2.05) is 69.3 Å². The van der Waals surface area contributed by atoms with Crippen LogP contribution in [0.25, 0.3) is 21.8 Å². The summed E-state index contributed by atoms with van der Waals surface area (Å²) in [6.07, 6.45) is 53.8. The normalized spacial score (nSPS) is 13.0. The summed E-state index contributed by atoms with van der Waals surface area (Å²) in [7, 11) is -5.04. The number of benzene rings is 2. The Kier molecular flexibility index (Phi) is 73.6. The Bertz CT molecular complexity index is 4340. The number of aromatic amines is 2. The molecule has 4 rings (SSSR count). The number of aromatic nitrogens is 2. The average Bonchev–Trinajstić information content (AvgIpc) is 1.69. The second-order valence-electron chi connectivity index (χ2n) is 38.7. The lowest BCUT2D eigenvalue weighted by atomic mass is 9.97. The number of hydrogen-bond acceptors (Lipinski definition) is 20. The lowest BCUT2D eigenvalue weighted by molar-refractivity contribution is -0.144. The number of aliphatic carboxylic acids is 1. The number of esters is 2. The molecule has 0 aliphatic rings. The first-order valence-electron chi connectivity index (χ1n) is 54.8. The number of rotatable bonds is 89. The minimum Gasteiger partial charge on any atom is -0.481 e. The van der Waals surface area contributed by atoms with Crippen LogP contribution in [0.3, 0.4) is 0 Å². The molecule has 2 aromatic carbocycles. The summed E-state index contributed by atoms with van der Waals surface area (Å²) in [5.74, 6) is -8.19. The second kappa shape index (κ2) is 82.5. The van der Waals surface area contributed by atoms with E-state index in [9.17, 15) is 80.4 Å². The van der Waals surface area contributed by atoms with E-state index < -0.39 is 120 Å². The van der Waals surface area contributed by atoms with Crippen molar-refractivity contribution in [1.82, 2.24) is 63.1 Å². The molecule has 8 atom stereocenters. The first-order chi connectivity index (χ1) is 69.5. The van der Waals surface area contributed by atoms with Crippen LogP contribution in [-0.4, -0.2) is 214 Å². The fourth-order valence-corrected chi connectivity index (χ4v) is 17.1. The number of nitrogens with one attached hydrogen (secondary N) is 12. The highest BCUT2D eigenvalue weighted by molar-refractivity contribution is 7.80. The molecule has 818 valence electrons. The molecule has 4 aromatic rings. The van der Waals surface area contributed by atoms with Crippen molar-refractivity contribution in [3.63, 3.8) is 0 Å². The Morgan fingerprint density at radius 3 is 0.986 bits per heavy atom. The van der Waals surface area contributed by atoms with Crippen molar-refractivity contribution in [2.24, 2.45) is 11.8 Å². The summed E-state index contributed by atoms with van der Waals surface area (Å²) < 4.78 is 59.5. The number of carbonyl (C=O) groups excluding carboxylic acids is 12. The SMILES string of the molecule is CCCCCCCCCCCCCC(=O)N[C@@H](CNC(=O)[C@H](CC(=O)O)NC(=O)CNC(=O)[C@@H](NC(=O)Cc1c[nH]c2ccccc12)[C@@H](C)CC)COCCCCOC(=O)CCCCCCCCCCC.CCCCCCCCCCCCCC(=O)N[C@@H](CNC(=O)[C@H](COS(=O)(=O)O)NC(=O)CNC(=O)[C@@H](NC(=O)Cc1c[nH]c2ccccc12)[C@@H](C)CC)COCCCCOC(=O)CCCCCCCCCCC. The van der Waals surface area contributed by atoms with Gasteiger partial charge in [-0.25, -0.2) is 4.18 Å². The Hall–Kier alpha value is -9.58. The summed E-state index contributed by atoms with van der Waals surface area (Å²) in [5, 5.41) is 37.9. The molecule has 0 aliphatic heterocycles. The zero-order valence-electron chi connectivity index (χ0n) is 88.6. The minimum atomic E-state index is -5.04. The predicted molar refractivity (Wildman–Crippen MR) is 564 cm³/mol. The fraction of sp³-hybridized carbons (Fsp3) is 0.734. The maximum atomic E-state index is 13.5. The lowest BCUT2D eigenvalue weighted by Crippen LogP contribution is -2.56. The monoisotopic (exact) mass is 2050 g/mol. The van der Waals surface area contributed by atoms with Gasteiger partial charge in [0.15, 0.2) is 0 Å². The van der Waals surface area contributed by atoms with Gasteiger partial charge < -0.3 is 87.2 Å². The van der Waals surface area contributed by atoms with Crippen molar-refractivity contribution in [3.05, 3.63) is 72.1 Å². The average molecular weight is 2050 g/mol. The van der Waals surface area contributed by atoms with Crippen molar-refractivity contribution in [2.75, 3.05) is 72.4 Å². The van der Waals surface area contributed by atoms with Gasteiger partial charge in [0.1, 0.15) is 24.2 Å². The molecule has 0 bridgehead atoms. The zero-order valence-corrected chi connectivity index (χ0v) is 89.4. The molecule has 14 N–H and O–H groups in total. The van der Waals surface area contributed by atoms with Crippen molar-refractivity contribution in [2.45, 2.75) is 432 Å². The number of fused-ring (bicyclic) bond motifs is 2. The fourth-order valence-electron chi connectivity index (χ4n) is 16.8. The molecule has 0 fully saturated rings. The molecule has 0 saturated heterocycles. The van der Waals surface area contributed by atoms with Gasteiger partial charge in [-0.05, 0) is 86.5 Å². The standard InChI is InChI=1S/C55H92N6O10.C54H92N6O12S/c1-5-8-10-12-14-16-17-19-20-22-24-32-48(62)59-44(41-70-34-28-29-35-71-52(67)33-25-23-21-18-15-13-11-9-6-2)39-57-54(68)47(37-51(65)66)60-50(64)40-58-55(69)53(42(4)7-3)61-49(63)36-43-38-56-46-31-27-26-30-45(43)46;1-5-8-10-12-14-16-17-19-20-22-24-32-48(61)58-44(40-70-34-28-29-35-71-51(64)33-25-23-21-18-15-13-11-9-6-2)38-56-53(65)47(41-72-73(67,68)69)59-50(63)39-57-54(66)52(42(4)7-3)60-49(62)36-43-37-55-46-31-27-26-30-45(43)46/h26-27,30-31,38,42,44,47,53,56H,5-25,28-29,32-37,39-41H2,1-4H3,(H,57,68)(H,58,69)(H,59,62)(H,60,64)(H,61,63)(H,65,66);26-27,30-31,37,42,44,47,52,55H,5-25,28-29,32-36,38-41H2,1-4H3,(H,56,65)(H,57,66)(H,58,61)(H,59,63)(H,60,62)(H,67,68,69)/t42-,44-,47-,53-;42-,44-,47-,52-/m00/s1. The van der Waals surface area contributed by atoms with Crippen molar-refractivity contribution >= 4 is 109 Å². The summed E-state index contributed by atoms with van der Waals surface area (Å²) in [5.41, 5.74) is 3.27. The van der Waals surface area contributed by atoms with Crippen molar-refractivity contribution in [3.8, 4) is 0 Å². The molecule has 0 spiro atoms. The largest absolute Gasteiger partial charge is 0.481 e. The van der Waals surface area contributed by atoms with Gasteiger partial charge in [0.2, 0.25) is 59.1 Å². The van der Waals surface area contributed by atoms with E-state index in [0.717, 1.165) is 116 Å². The third kappa shape index (κ3) is 64.4. The molecule has 34 nitrogen and oxygen atoms in total. The second-order valence-corrected chi connectivity index (χ2v) is 39.8. The van der Waals surface area contributed by atoms with Crippen LogP contribution < -0.4 is 53.2 Å². The number of para-hydroxylation sites is 2. The first kappa shape index (κ1) is 129. The Balaban J connectivity index is 0.000000740. The number of carboxylic acid groups (broad SMARTS) is 1. The van der Waals surface area contributed by atoms with E-state index in [0.29, 0.717) is 70.8 Å². The van der Waals surface area contributed by atoms with E-state index in [4.69, 9.17) is 18.9 Å². The maximum Gasteiger partial charge on any atom is 0.397 e. The summed E-state index contributed by atoms with van der Waals surface area (Å²) >= 11 is 0. The smallest absolute Gasteiger partial charge is 0.397 e. The first-order valence-corrected chi connectivity index (χ1v) is 56.2. The quantitative estimate of drug-likeness (QED) is 0.0111. The maximum absolute atomic E-state index is 13.5. The van der Waals surface area contributed by atoms with Gasteiger partial charge in [0.05, 0.1) is 77.5 Å². The zero-order chi connectivity index (χ0) is 105. The van der Waals surface area contributed by atoms with Gasteiger partial charge in [-0.1, -0.05) is 336 Å². The van der Waals surface area contributed by atoms with Crippen LogP contribution in [0.1, 0.15) is 394 Å². The van der Waals surface area contributed by atoms with Gasteiger partial charge in [-0.2, -0.15) is 8.42 Å². The number of carbonyl (C=O) groups is 13. The van der Waals surface area contributed by atoms with Gasteiger partial charge >= 0.3 is 28.3 Å². The van der Waals surface area contributed by atoms with E-state index in [-0.39, 0.29) is 107 Å². The third-order valence-electron chi connectivity index (χ3n) is 25.9. The molecule has 2 aromatic heterocycles. The number of ether oxygens (including phenoxy) is 4. The van der Waals surface area contributed by atoms with E-state index in [1.165, 1.54) is 167 Å². The predicted octanol–water partition coefficient (Wildman–Crippen LogP) is 17.1. The Morgan fingerprint density at radius 2 is 0.653 bits per heavy atom. The van der Waals surface area contributed by atoms with Gasteiger partial charge in [-0.3, -0.25) is 66.9 Å². The van der Waals surface area contributed by atoms with Crippen LogP contribution in [0.15, 0.2) is 60.9 Å². The number of H-pyrrole nitrogens is 2. The highest BCUT2D eigenvalue weighted by atomic mass is 32.3. The molecule has 144 heavy (non-hydrogen) atoms. The van der Waals surface area contributed by atoms with Crippen molar-refractivity contribution < 1.29 is 104 Å². The topological polar surface area (TPSA) is 495 Å². The Morgan fingerprint density at radius 1 is 0.340 bits per heavy atom. The van der Waals surface area contributed by atoms with Gasteiger partial charge in [0, 0.05) is 86.2 Å². The molecular weight excluding hydrogens is 1860 g/mol. The van der Waals surface area contributed by atoms with Gasteiger partial charge in [-0.15, -0.1) is 0 Å². The number of carboxylic acids is 1. The van der Waals surface area contributed by atoms with E-state index in [2.05, 4.69) is 95.0 Å². The molecule has 10 amide bonds. The van der Waals surface area contributed by atoms with Crippen LogP contribution >= 0.6 is 0 Å². The van der Waals surface area contributed by atoms with Crippen LogP contribution in [0, 0.1) is 11.8 Å². The summed E-state index contributed by atoms with van der Waals surface area (Å²) in [6.45, 7) is 14.9. The molecule has 0 radical (unpaired) electrons. The lowest BCUT2D eigenvalue weighted by Gasteiger charge is -2.24. The van der Waals surface area contributed by atoms with E-state index >= 15 is 0 Å².